The van der Waals surface area contributed by atoms with E-state index in [-0.39, 0.29) is 6.61 Å². The van der Waals surface area contributed by atoms with Crippen molar-refractivity contribution in [3.05, 3.63) is 16.4 Å². The Morgan fingerprint density at radius 2 is 2.50 bits per heavy atom. The largest absolute Gasteiger partial charge is 0.396 e. The molecule has 1 heterocycles. The van der Waals surface area contributed by atoms with Gasteiger partial charge in [-0.1, -0.05) is 0 Å². The molecule has 1 aromatic rings. The van der Waals surface area contributed by atoms with Crippen LogP contribution in [0.15, 0.2) is 9.32 Å². The van der Waals surface area contributed by atoms with Gasteiger partial charge in [0.05, 0.1) is 0 Å². The number of aliphatic hydroxyl groups is 1. The number of hydrogen-bond donors (Lipinski definition) is 2. The number of aromatic nitrogens is 2. The van der Waals surface area contributed by atoms with Crippen LogP contribution < -0.4 is 5.69 Å². The van der Waals surface area contributed by atoms with Gasteiger partial charge in [-0.15, -0.1) is 0 Å². The molecule has 0 unspecified atom stereocenters. The molecular weight excluding hydrogens is 136 g/mol. The van der Waals surface area contributed by atoms with Crippen LogP contribution >= 0.6 is 0 Å². The molecule has 0 amide bonds. The third-order valence-corrected chi connectivity index (χ3v) is 1.03. The lowest BCUT2D eigenvalue weighted by Crippen LogP contribution is -2.01. The summed E-state index contributed by atoms with van der Waals surface area (Å²) in [6.45, 7) is 0.0799. The van der Waals surface area contributed by atoms with Crippen molar-refractivity contribution in [3.63, 3.8) is 0 Å². The van der Waals surface area contributed by atoms with Gasteiger partial charge in [0.1, 0.15) is 0 Å². The third kappa shape index (κ3) is 1.70. The Hall–Kier alpha value is -1.10. The molecule has 5 heteroatoms. The van der Waals surface area contributed by atoms with Crippen LogP contribution in [-0.2, 0) is 6.42 Å². The molecular formula is C5H8N2O3. The van der Waals surface area contributed by atoms with E-state index < -0.39 is 5.69 Å². The maximum Gasteiger partial charge on any atom is 0.377 e. The first-order chi connectivity index (χ1) is 4.83. The highest BCUT2D eigenvalue weighted by atomic mass is 16.5. The number of aliphatic hydroxyl groups excluding tert-OH is 1. The molecule has 2 N–H and O–H groups in total. The van der Waals surface area contributed by atoms with Crippen LogP contribution in [0.1, 0.15) is 12.3 Å². The van der Waals surface area contributed by atoms with Crippen molar-refractivity contribution in [2.75, 3.05) is 6.61 Å². The zero-order valence-corrected chi connectivity index (χ0v) is 5.33. The van der Waals surface area contributed by atoms with Crippen LogP contribution in [0.3, 0.4) is 0 Å². The van der Waals surface area contributed by atoms with Crippen molar-refractivity contribution >= 4 is 0 Å². The fourth-order valence-corrected chi connectivity index (χ4v) is 0.599. The third-order valence-electron chi connectivity index (χ3n) is 1.03. The minimum absolute atomic E-state index is 0.0799. The minimum Gasteiger partial charge on any atom is -0.396 e. The highest BCUT2D eigenvalue weighted by molar-refractivity contribution is 4.73. The smallest absolute Gasteiger partial charge is 0.377 e. The quantitative estimate of drug-likeness (QED) is 0.587. The van der Waals surface area contributed by atoms with Crippen molar-refractivity contribution in [3.8, 4) is 0 Å². The fourth-order valence-electron chi connectivity index (χ4n) is 0.599. The highest BCUT2D eigenvalue weighted by Crippen LogP contribution is 1.92. The summed E-state index contributed by atoms with van der Waals surface area (Å²) in [6, 6.07) is 0. The summed E-state index contributed by atoms with van der Waals surface area (Å²) in [5.41, 5.74) is -0.479. The lowest BCUT2D eigenvalue weighted by atomic mass is 10.3. The predicted octanol–water partition coefficient (Wildman–Crippen LogP) is -0.712. The van der Waals surface area contributed by atoms with E-state index in [0.29, 0.717) is 18.7 Å². The number of rotatable bonds is 3. The molecule has 0 atom stereocenters. The SMILES string of the molecule is O=c1nc(CCCO)o[nH]1. The summed E-state index contributed by atoms with van der Waals surface area (Å²) in [5.74, 6) is 0.346. The van der Waals surface area contributed by atoms with Crippen LogP contribution in [0.5, 0.6) is 0 Å². The maximum atomic E-state index is 10.3. The molecule has 0 fully saturated rings. The molecule has 0 spiro atoms. The Labute approximate surface area is 56.7 Å². The second-order valence-corrected chi connectivity index (χ2v) is 1.84. The van der Waals surface area contributed by atoms with E-state index in [4.69, 9.17) is 5.11 Å². The highest BCUT2D eigenvalue weighted by Gasteiger charge is 1.98. The van der Waals surface area contributed by atoms with E-state index in [0.717, 1.165) is 0 Å². The van der Waals surface area contributed by atoms with E-state index >= 15 is 0 Å². The Morgan fingerprint density at radius 3 is 3.00 bits per heavy atom. The lowest BCUT2D eigenvalue weighted by molar-refractivity contribution is 0.278. The number of hydrogen-bond acceptors (Lipinski definition) is 4. The number of H-pyrrole nitrogens is 1. The summed E-state index contributed by atoms with van der Waals surface area (Å²) < 4.78 is 4.61. The van der Waals surface area contributed by atoms with Gasteiger partial charge < -0.3 is 9.63 Å². The van der Waals surface area contributed by atoms with Crippen molar-refractivity contribution < 1.29 is 9.63 Å². The van der Waals surface area contributed by atoms with E-state index in [2.05, 4.69) is 14.7 Å². The Bertz CT molecular complexity index is 239. The minimum atomic E-state index is -0.479. The van der Waals surface area contributed by atoms with Gasteiger partial charge in [-0.3, -0.25) is 0 Å². The maximum absolute atomic E-state index is 10.3. The van der Waals surface area contributed by atoms with E-state index in [1.54, 1.807) is 0 Å². The average molecular weight is 144 g/mol. The monoisotopic (exact) mass is 144 g/mol. The molecule has 0 aliphatic rings. The number of aryl methyl sites for hydroxylation is 1. The van der Waals surface area contributed by atoms with Crippen molar-refractivity contribution in [2.24, 2.45) is 0 Å². The van der Waals surface area contributed by atoms with Crippen LogP contribution in [-0.4, -0.2) is 21.9 Å². The molecule has 0 saturated heterocycles. The summed E-state index contributed by atoms with van der Waals surface area (Å²) >= 11 is 0. The summed E-state index contributed by atoms with van der Waals surface area (Å²) in [4.78, 5) is 13.8. The van der Waals surface area contributed by atoms with Crippen LogP contribution in [0.4, 0.5) is 0 Å². The van der Waals surface area contributed by atoms with Gasteiger partial charge in [-0.05, 0) is 6.42 Å². The van der Waals surface area contributed by atoms with Crippen LogP contribution in [0.25, 0.3) is 0 Å². The standard InChI is InChI=1S/C5H8N2O3/c8-3-1-2-4-6-5(9)7-10-4/h8H,1-3H2,(H,7,9). The molecule has 10 heavy (non-hydrogen) atoms. The van der Waals surface area contributed by atoms with Gasteiger partial charge in [0, 0.05) is 13.0 Å². The van der Waals surface area contributed by atoms with E-state index in [9.17, 15) is 4.79 Å². The van der Waals surface area contributed by atoms with E-state index in [1.807, 2.05) is 0 Å². The summed E-state index contributed by atoms with van der Waals surface area (Å²) in [5, 5.41) is 10.4. The van der Waals surface area contributed by atoms with Gasteiger partial charge in [0.15, 0.2) is 0 Å². The fraction of sp³-hybridized carbons (Fsp3) is 0.600. The van der Waals surface area contributed by atoms with Crippen molar-refractivity contribution in [1.29, 1.82) is 0 Å². The van der Waals surface area contributed by atoms with Gasteiger partial charge >= 0.3 is 5.69 Å². The molecule has 1 aromatic heterocycles. The van der Waals surface area contributed by atoms with Gasteiger partial charge in [-0.25, -0.2) is 4.79 Å². The molecule has 0 saturated carbocycles. The van der Waals surface area contributed by atoms with E-state index in [1.165, 1.54) is 0 Å². The zero-order chi connectivity index (χ0) is 7.40. The van der Waals surface area contributed by atoms with Crippen LogP contribution in [0, 0.1) is 0 Å². The second kappa shape index (κ2) is 3.17. The summed E-state index contributed by atoms with van der Waals surface area (Å²) in [7, 11) is 0. The van der Waals surface area contributed by atoms with Gasteiger partial charge in [0.2, 0.25) is 5.89 Å². The van der Waals surface area contributed by atoms with Gasteiger partial charge in [0.25, 0.3) is 0 Å². The molecule has 0 aliphatic carbocycles. The Balaban J connectivity index is 2.50. The molecule has 0 aromatic carbocycles. The Kier molecular flexibility index (Phi) is 2.22. The normalized spacial score (nSPS) is 10.1. The summed E-state index contributed by atoms with van der Waals surface area (Å²) in [6.07, 6.45) is 1.06. The van der Waals surface area contributed by atoms with Crippen LogP contribution in [0.2, 0.25) is 0 Å². The first kappa shape index (κ1) is 7.01. The second-order valence-electron chi connectivity index (χ2n) is 1.84. The van der Waals surface area contributed by atoms with Gasteiger partial charge in [-0.2, -0.15) is 10.1 Å². The molecule has 0 radical (unpaired) electrons. The first-order valence-corrected chi connectivity index (χ1v) is 2.98. The Morgan fingerprint density at radius 1 is 1.70 bits per heavy atom. The van der Waals surface area contributed by atoms with Crippen molar-refractivity contribution in [2.45, 2.75) is 12.8 Å². The average Bonchev–Trinajstić information content (AvgIpc) is 2.31. The first-order valence-electron chi connectivity index (χ1n) is 2.98. The molecule has 0 bridgehead atoms. The zero-order valence-electron chi connectivity index (χ0n) is 5.33. The molecule has 56 valence electrons. The molecule has 0 aliphatic heterocycles. The number of nitrogens with one attached hydrogen (secondary N) is 1. The molecule has 5 nitrogen and oxygen atoms in total. The lowest BCUT2D eigenvalue weighted by Gasteiger charge is -1.86. The number of nitrogens with zero attached hydrogens (tertiary/aromatic N) is 1. The topological polar surface area (TPSA) is 79.1 Å². The molecule has 1 rings (SSSR count). The van der Waals surface area contributed by atoms with Crippen molar-refractivity contribution in [1.82, 2.24) is 10.1 Å². The number of aromatic amines is 1. The predicted molar refractivity (Wildman–Crippen MR) is 32.5 cm³/mol.